The largest absolute Gasteiger partial charge is 0.382 e. The first-order valence-electron chi connectivity index (χ1n) is 14.1. The molecule has 0 aliphatic carbocycles. The van der Waals surface area contributed by atoms with Gasteiger partial charge in [-0.25, -0.2) is 0 Å². The molecule has 2 N–H and O–H groups in total. The molecule has 1 unspecified atom stereocenters. The maximum Gasteiger partial charge on any atom is 0.264 e. The third kappa shape index (κ3) is 10.7. The minimum absolute atomic E-state index is 0.0716. The first-order chi connectivity index (χ1) is 20.5. The van der Waals surface area contributed by atoms with Crippen LogP contribution in [-0.4, -0.2) is 134 Å². The SMILES string of the molecule is COCCOCCOCCOCCOCCOCCOCCNc1cccc2c1C(=O)N(C1CCC(=O)NC1=O)C2=O. The van der Waals surface area contributed by atoms with Crippen LogP contribution in [0.15, 0.2) is 18.2 Å². The van der Waals surface area contributed by atoms with Gasteiger partial charge in [0, 0.05) is 25.8 Å². The fourth-order valence-electron chi connectivity index (χ4n) is 4.26. The summed E-state index contributed by atoms with van der Waals surface area (Å²) in [5.41, 5.74) is 0.925. The quantitative estimate of drug-likeness (QED) is 0.131. The van der Waals surface area contributed by atoms with E-state index in [2.05, 4.69) is 10.6 Å². The van der Waals surface area contributed by atoms with E-state index in [1.807, 2.05) is 0 Å². The van der Waals surface area contributed by atoms with Gasteiger partial charge in [-0.15, -0.1) is 0 Å². The second kappa shape index (κ2) is 19.3. The lowest BCUT2D eigenvalue weighted by Crippen LogP contribution is -2.54. The zero-order chi connectivity index (χ0) is 30.0. The molecule has 14 nitrogen and oxygen atoms in total. The first kappa shape index (κ1) is 33.5. The number of amides is 4. The van der Waals surface area contributed by atoms with E-state index in [0.29, 0.717) is 98.1 Å². The summed E-state index contributed by atoms with van der Waals surface area (Å²) in [6.45, 7) is 6.54. The molecular weight excluding hydrogens is 554 g/mol. The van der Waals surface area contributed by atoms with Gasteiger partial charge in [0.15, 0.2) is 0 Å². The molecule has 1 atom stereocenters. The molecule has 2 aliphatic heterocycles. The molecule has 0 radical (unpaired) electrons. The van der Waals surface area contributed by atoms with Crippen LogP contribution in [0.5, 0.6) is 0 Å². The van der Waals surface area contributed by atoms with E-state index in [-0.39, 0.29) is 24.0 Å². The molecule has 1 fully saturated rings. The number of hydrogen-bond donors (Lipinski definition) is 2. The van der Waals surface area contributed by atoms with Gasteiger partial charge in [-0.05, 0) is 18.6 Å². The number of nitrogens with one attached hydrogen (secondary N) is 2. The highest BCUT2D eigenvalue weighted by molar-refractivity contribution is 6.25. The van der Waals surface area contributed by atoms with E-state index in [4.69, 9.17) is 33.2 Å². The minimum Gasteiger partial charge on any atom is -0.382 e. The summed E-state index contributed by atoms with van der Waals surface area (Å²) in [7, 11) is 1.63. The summed E-state index contributed by atoms with van der Waals surface area (Å²) in [6, 6.07) is 3.92. The molecule has 0 saturated carbocycles. The number of fused-ring (bicyclic) bond motifs is 1. The van der Waals surface area contributed by atoms with Gasteiger partial charge in [-0.2, -0.15) is 0 Å². The molecule has 4 amide bonds. The van der Waals surface area contributed by atoms with Gasteiger partial charge >= 0.3 is 0 Å². The van der Waals surface area contributed by atoms with Crippen LogP contribution in [0.25, 0.3) is 0 Å². The Hall–Kier alpha value is -2.98. The van der Waals surface area contributed by atoms with E-state index in [9.17, 15) is 19.2 Å². The van der Waals surface area contributed by atoms with Crippen molar-refractivity contribution in [2.24, 2.45) is 0 Å². The number of benzene rings is 1. The van der Waals surface area contributed by atoms with Crippen molar-refractivity contribution in [3.8, 4) is 0 Å². The highest BCUT2D eigenvalue weighted by Crippen LogP contribution is 2.32. The van der Waals surface area contributed by atoms with Gasteiger partial charge in [0.25, 0.3) is 11.8 Å². The van der Waals surface area contributed by atoms with Crippen LogP contribution in [0.2, 0.25) is 0 Å². The zero-order valence-corrected chi connectivity index (χ0v) is 24.1. The molecule has 1 aromatic carbocycles. The Morgan fingerprint density at radius 3 is 1.79 bits per heavy atom. The van der Waals surface area contributed by atoms with E-state index in [1.165, 1.54) is 0 Å². The number of nitrogens with zero attached hydrogens (tertiary/aromatic N) is 1. The van der Waals surface area contributed by atoms with Crippen LogP contribution in [0.3, 0.4) is 0 Å². The van der Waals surface area contributed by atoms with Gasteiger partial charge in [0.05, 0.1) is 97.0 Å². The second-order valence-corrected chi connectivity index (χ2v) is 9.27. The molecule has 3 rings (SSSR count). The summed E-state index contributed by atoms with van der Waals surface area (Å²) in [4.78, 5) is 50.7. The van der Waals surface area contributed by atoms with Gasteiger partial charge < -0.3 is 38.5 Å². The Kier molecular flexibility index (Phi) is 15.4. The molecule has 0 aromatic heterocycles. The van der Waals surface area contributed by atoms with Crippen molar-refractivity contribution < 1.29 is 52.3 Å². The topological polar surface area (TPSA) is 160 Å². The summed E-state index contributed by atoms with van der Waals surface area (Å²) in [5, 5.41) is 5.32. The van der Waals surface area contributed by atoms with Gasteiger partial charge in [-0.3, -0.25) is 29.4 Å². The second-order valence-electron chi connectivity index (χ2n) is 9.27. The molecule has 1 aromatic rings. The number of piperidine rings is 1. The number of rotatable bonds is 23. The molecular formula is C28H41N3O11. The average Bonchev–Trinajstić information content (AvgIpc) is 3.23. The maximum absolute atomic E-state index is 13.1. The van der Waals surface area contributed by atoms with Crippen molar-refractivity contribution in [3.05, 3.63) is 29.3 Å². The number of carbonyl (C=O) groups is 4. The van der Waals surface area contributed by atoms with E-state index >= 15 is 0 Å². The van der Waals surface area contributed by atoms with Gasteiger partial charge in [-0.1, -0.05) is 6.07 Å². The smallest absolute Gasteiger partial charge is 0.264 e. The first-order valence-corrected chi connectivity index (χ1v) is 14.1. The maximum atomic E-state index is 13.1. The third-order valence-corrected chi connectivity index (χ3v) is 6.32. The summed E-state index contributed by atoms with van der Waals surface area (Å²) in [5.74, 6) is -2.15. The number of ether oxygens (including phenoxy) is 7. The minimum atomic E-state index is -1.00. The van der Waals surface area contributed by atoms with E-state index in [1.54, 1.807) is 25.3 Å². The Morgan fingerprint density at radius 1 is 0.738 bits per heavy atom. The normalized spacial score (nSPS) is 16.7. The van der Waals surface area contributed by atoms with Gasteiger partial charge in [0.2, 0.25) is 11.8 Å². The van der Waals surface area contributed by atoms with Crippen molar-refractivity contribution in [3.63, 3.8) is 0 Å². The van der Waals surface area contributed by atoms with E-state index in [0.717, 1.165) is 4.90 Å². The Bertz CT molecular complexity index is 1020. The van der Waals surface area contributed by atoms with Crippen LogP contribution in [-0.2, 0) is 42.7 Å². The van der Waals surface area contributed by atoms with Crippen molar-refractivity contribution >= 4 is 29.3 Å². The number of methoxy groups -OCH3 is 1. The van der Waals surface area contributed by atoms with E-state index < -0.39 is 29.7 Å². The monoisotopic (exact) mass is 595 g/mol. The van der Waals surface area contributed by atoms with Crippen LogP contribution in [0.1, 0.15) is 33.6 Å². The summed E-state index contributed by atoms with van der Waals surface area (Å²) in [6.07, 6.45) is 0.182. The molecule has 0 bridgehead atoms. The zero-order valence-electron chi connectivity index (χ0n) is 24.1. The average molecular weight is 596 g/mol. The van der Waals surface area contributed by atoms with Crippen molar-refractivity contribution in [1.82, 2.24) is 10.2 Å². The van der Waals surface area contributed by atoms with Gasteiger partial charge in [0.1, 0.15) is 6.04 Å². The standard InChI is InChI=1S/C28H41N3O11/c1-36-9-10-38-13-14-40-17-18-42-20-19-41-16-15-39-12-11-37-8-7-29-22-4-2-3-21-25(22)28(35)31(27(21)34)23-5-6-24(32)30-26(23)33/h2-4,23,29H,5-20H2,1H3,(H,30,32,33). The fraction of sp³-hybridized carbons (Fsp3) is 0.643. The number of carbonyl (C=O) groups excluding carboxylic acids is 4. The highest BCUT2D eigenvalue weighted by Gasteiger charge is 2.45. The Morgan fingerprint density at radius 2 is 1.26 bits per heavy atom. The number of anilines is 1. The van der Waals surface area contributed by atoms with Crippen LogP contribution >= 0.6 is 0 Å². The predicted octanol–water partition coefficient (Wildman–Crippen LogP) is 0.246. The van der Waals surface area contributed by atoms with Crippen LogP contribution < -0.4 is 10.6 Å². The molecule has 14 heteroatoms. The van der Waals surface area contributed by atoms with Crippen LogP contribution in [0.4, 0.5) is 5.69 Å². The lowest BCUT2D eigenvalue weighted by Gasteiger charge is -2.27. The fourth-order valence-corrected chi connectivity index (χ4v) is 4.26. The van der Waals surface area contributed by atoms with Crippen molar-refractivity contribution in [2.75, 3.05) is 105 Å². The summed E-state index contributed by atoms with van der Waals surface area (Å²) < 4.78 is 37.5. The van der Waals surface area contributed by atoms with Crippen LogP contribution in [0, 0.1) is 0 Å². The lowest BCUT2D eigenvalue weighted by molar-refractivity contribution is -0.136. The molecule has 0 spiro atoms. The van der Waals surface area contributed by atoms with Crippen molar-refractivity contribution in [1.29, 1.82) is 0 Å². The lowest BCUT2D eigenvalue weighted by atomic mass is 10.0. The predicted molar refractivity (Wildman–Crippen MR) is 148 cm³/mol. The third-order valence-electron chi connectivity index (χ3n) is 6.32. The summed E-state index contributed by atoms with van der Waals surface area (Å²) >= 11 is 0. The Labute approximate surface area is 245 Å². The molecule has 42 heavy (non-hydrogen) atoms. The Balaban J connectivity index is 1.17. The highest BCUT2D eigenvalue weighted by atomic mass is 16.6. The molecule has 234 valence electrons. The number of hydrogen-bond acceptors (Lipinski definition) is 12. The molecule has 2 aliphatic rings. The molecule has 1 saturated heterocycles. The molecule has 2 heterocycles. The van der Waals surface area contributed by atoms with Crippen molar-refractivity contribution in [2.45, 2.75) is 18.9 Å². The number of imide groups is 2.